The Morgan fingerprint density at radius 1 is 1.43 bits per heavy atom. The first-order valence-electron chi connectivity index (χ1n) is 4.19. The number of benzene rings is 1. The van der Waals surface area contributed by atoms with Crippen molar-refractivity contribution in [2.45, 2.75) is 0 Å². The Labute approximate surface area is 90.3 Å². The molecule has 0 fully saturated rings. The fraction of sp³-hybridized carbons (Fsp3) is 0.100. The Morgan fingerprint density at radius 2 is 2.29 bits per heavy atom. The minimum Gasteiger partial charge on any atom is -0.424 e. The Balaban J connectivity index is 2.39. The van der Waals surface area contributed by atoms with Crippen molar-refractivity contribution in [3.05, 3.63) is 34.9 Å². The van der Waals surface area contributed by atoms with Crippen LogP contribution in [0.5, 0.6) is 0 Å². The molecule has 1 aromatic carbocycles. The average molecular weight is 253 g/mol. The van der Waals surface area contributed by atoms with E-state index in [-0.39, 0.29) is 0 Å². The third kappa shape index (κ3) is 1.80. The molecule has 72 valence electrons. The molecule has 0 atom stereocenters. The molecule has 0 aliphatic heterocycles. The second-order valence-electron chi connectivity index (χ2n) is 2.79. The molecule has 3 nitrogen and oxygen atoms in total. The van der Waals surface area contributed by atoms with Crippen LogP contribution in [0.25, 0.3) is 11.3 Å². The molecule has 0 radical (unpaired) electrons. The highest BCUT2D eigenvalue weighted by Gasteiger charge is 2.04. The quantitative estimate of drug-likeness (QED) is 0.893. The summed E-state index contributed by atoms with van der Waals surface area (Å²) in [5.41, 5.74) is 1.01. The van der Waals surface area contributed by atoms with Crippen LogP contribution >= 0.6 is 15.9 Å². The molecule has 0 unspecified atom stereocenters. The van der Waals surface area contributed by atoms with Gasteiger partial charge in [-0.3, -0.25) is 0 Å². The van der Waals surface area contributed by atoms with Gasteiger partial charge in [0.2, 0.25) is 0 Å². The maximum atomic E-state index is 5.43. The molecular weight excluding hydrogens is 244 g/mol. The highest BCUT2D eigenvalue weighted by atomic mass is 79.9. The van der Waals surface area contributed by atoms with E-state index in [0.717, 1.165) is 15.8 Å². The van der Waals surface area contributed by atoms with E-state index < -0.39 is 0 Å². The fourth-order valence-corrected chi connectivity index (χ4v) is 1.56. The van der Waals surface area contributed by atoms with Crippen molar-refractivity contribution in [3.63, 3.8) is 0 Å². The van der Waals surface area contributed by atoms with Crippen LogP contribution in [0.2, 0.25) is 0 Å². The predicted molar refractivity (Wildman–Crippen MR) is 59.2 cm³/mol. The summed E-state index contributed by atoms with van der Waals surface area (Å²) in [6.07, 6.45) is 1.70. The zero-order valence-corrected chi connectivity index (χ0v) is 9.21. The Bertz CT molecular complexity index is 439. The molecule has 0 spiro atoms. The minimum absolute atomic E-state index is 0.528. The van der Waals surface area contributed by atoms with E-state index in [1.807, 2.05) is 24.3 Å². The van der Waals surface area contributed by atoms with Gasteiger partial charge in [0.15, 0.2) is 5.76 Å². The number of rotatable bonds is 2. The number of halogens is 1. The van der Waals surface area contributed by atoms with Crippen molar-refractivity contribution in [2.75, 3.05) is 12.4 Å². The van der Waals surface area contributed by atoms with Gasteiger partial charge in [0.05, 0.1) is 6.20 Å². The third-order valence-electron chi connectivity index (χ3n) is 1.83. The first-order chi connectivity index (χ1) is 6.79. The molecule has 4 heteroatoms. The highest BCUT2D eigenvalue weighted by Crippen LogP contribution is 2.24. The number of anilines is 1. The van der Waals surface area contributed by atoms with Crippen LogP contribution in [-0.2, 0) is 0 Å². The van der Waals surface area contributed by atoms with Crippen molar-refractivity contribution in [3.8, 4) is 11.3 Å². The van der Waals surface area contributed by atoms with Crippen molar-refractivity contribution < 1.29 is 4.42 Å². The van der Waals surface area contributed by atoms with Gasteiger partial charge in [-0.1, -0.05) is 28.1 Å². The first-order valence-corrected chi connectivity index (χ1v) is 4.98. The highest BCUT2D eigenvalue weighted by molar-refractivity contribution is 9.10. The molecule has 0 saturated heterocycles. The molecule has 2 aromatic rings. The molecule has 14 heavy (non-hydrogen) atoms. The van der Waals surface area contributed by atoms with E-state index in [1.54, 1.807) is 13.2 Å². The van der Waals surface area contributed by atoms with E-state index in [1.165, 1.54) is 0 Å². The van der Waals surface area contributed by atoms with Crippen molar-refractivity contribution in [1.82, 2.24) is 4.98 Å². The maximum Gasteiger partial charge on any atom is 0.294 e. The summed E-state index contributed by atoms with van der Waals surface area (Å²) < 4.78 is 6.46. The van der Waals surface area contributed by atoms with Crippen LogP contribution in [0.1, 0.15) is 0 Å². The van der Waals surface area contributed by atoms with Gasteiger partial charge in [0, 0.05) is 17.1 Å². The number of hydrogen-bond acceptors (Lipinski definition) is 3. The molecule has 0 aliphatic carbocycles. The summed E-state index contributed by atoms with van der Waals surface area (Å²) in [5.74, 6) is 0.760. The monoisotopic (exact) mass is 252 g/mol. The van der Waals surface area contributed by atoms with Gasteiger partial charge in [-0.05, 0) is 12.1 Å². The second-order valence-corrected chi connectivity index (χ2v) is 3.71. The van der Waals surface area contributed by atoms with Crippen LogP contribution in [0, 0.1) is 0 Å². The lowest BCUT2D eigenvalue weighted by molar-refractivity contribution is 0.589. The van der Waals surface area contributed by atoms with Crippen molar-refractivity contribution >= 4 is 21.9 Å². The molecule has 1 heterocycles. The van der Waals surface area contributed by atoms with Gasteiger partial charge in [0.1, 0.15) is 0 Å². The van der Waals surface area contributed by atoms with Gasteiger partial charge < -0.3 is 9.73 Å². The summed E-state index contributed by atoms with van der Waals surface area (Å²) in [7, 11) is 1.77. The summed E-state index contributed by atoms with van der Waals surface area (Å²) in [6, 6.07) is 8.42. The van der Waals surface area contributed by atoms with Gasteiger partial charge in [-0.25, -0.2) is 4.98 Å². The first kappa shape index (κ1) is 9.27. The third-order valence-corrected chi connectivity index (χ3v) is 2.32. The number of oxazole rings is 1. The van der Waals surface area contributed by atoms with Crippen LogP contribution < -0.4 is 5.32 Å². The van der Waals surface area contributed by atoms with Crippen LogP contribution in [0.15, 0.2) is 39.4 Å². The lowest BCUT2D eigenvalue weighted by atomic mass is 10.2. The molecule has 0 bridgehead atoms. The lowest BCUT2D eigenvalue weighted by Gasteiger charge is -1.96. The minimum atomic E-state index is 0.528. The number of nitrogens with one attached hydrogen (secondary N) is 1. The SMILES string of the molecule is CNc1ncc(-c2cccc(Br)c2)o1. The molecule has 0 aliphatic rings. The normalized spacial score (nSPS) is 10.1. The molecular formula is C10H9BrN2O. The Kier molecular flexibility index (Phi) is 2.54. The molecule has 1 aromatic heterocycles. The van der Waals surface area contributed by atoms with Gasteiger partial charge in [0.25, 0.3) is 6.01 Å². The van der Waals surface area contributed by atoms with E-state index in [2.05, 4.69) is 26.2 Å². The summed E-state index contributed by atoms with van der Waals surface area (Å²) in [6.45, 7) is 0. The van der Waals surface area contributed by atoms with Crippen LogP contribution in [0.3, 0.4) is 0 Å². The molecule has 0 amide bonds. The molecule has 0 saturated carbocycles. The predicted octanol–water partition coefficient (Wildman–Crippen LogP) is 3.15. The van der Waals surface area contributed by atoms with E-state index >= 15 is 0 Å². The summed E-state index contributed by atoms with van der Waals surface area (Å²) in [4.78, 5) is 4.05. The smallest absolute Gasteiger partial charge is 0.294 e. The van der Waals surface area contributed by atoms with Gasteiger partial charge in [-0.15, -0.1) is 0 Å². The largest absolute Gasteiger partial charge is 0.424 e. The summed E-state index contributed by atoms with van der Waals surface area (Å²) in [5, 5.41) is 2.84. The molecule has 2 rings (SSSR count). The van der Waals surface area contributed by atoms with E-state index in [0.29, 0.717) is 6.01 Å². The average Bonchev–Trinajstić information content (AvgIpc) is 2.66. The number of hydrogen-bond donors (Lipinski definition) is 1. The second kappa shape index (κ2) is 3.84. The standard InChI is InChI=1S/C10H9BrN2O/c1-12-10-13-6-9(14-10)7-3-2-4-8(11)5-7/h2-6H,1H3,(H,12,13). The Morgan fingerprint density at radius 3 is 2.93 bits per heavy atom. The van der Waals surface area contributed by atoms with Crippen molar-refractivity contribution in [2.24, 2.45) is 0 Å². The molecule has 1 N–H and O–H groups in total. The maximum absolute atomic E-state index is 5.43. The number of aromatic nitrogens is 1. The van der Waals surface area contributed by atoms with Crippen LogP contribution in [0.4, 0.5) is 6.01 Å². The Hall–Kier alpha value is -1.29. The number of nitrogens with zero attached hydrogens (tertiary/aromatic N) is 1. The van der Waals surface area contributed by atoms with Gasteiger partial charge >= 0.3 is 0 Å². The fourth-order valence-electron chi connectivity index (χ4n) is 1.16. The lowest BCUT2D eigenvalue weighted by Crippen LogP contribution is -1.84. The van der Waals surface area contributed by atoms with Crippen LogP contribution in [-0.4, -0.2) is 12.0 Å². The zero-order valence-electron chi connectivity index (χ0n) is 7.62. The zero-order chi connectivity index (χ0) is 9.97. The van der Waals surface area contributed by atoms with Gasteiger partial charge in [-0.2, -0.15) is 0 Å². The van der Waals surface area contributed by atoms with Crippen molar-refractivity contribution in [1.29, 1.82) is 0 Å². The summed E-state index contributed by atoms with van der Waals surface area (Å²) >= 11 is 3.41. The topological polar surface area (TPSA) is 38.1 Å². The van der Waals surface area contributed by atoms with E-state index in [9.17, 15) is 0 Å². The van der Waals surface area contributed by atoms with E-state index in [4.69, 9.17) is 4.42 Å².